The Hall–Kier alpha value is -1.71. The van der Waals surface area contributed by atoms with Gasteiger partial charge in [-0.3, -0.25) is 5.84 Å². The van der Waals surface area contributed by atoms with Crippen LogP contribution in [0.4, 0.5) is 11.4 Å². The number of benzene rings is 2. The van der Waals surface area contributed by atoms with E-state index < -0.39 is 0 Å². The summed E-state index contributed by atoms with van der Waals surface area (Å²) in [6, 6.07) is 19.1. The molecule has 0 radical (unpaired) electrons. The lowest BCUT2D eigenvalue weighted by Crippen LogP contribution is -2.05. The fourth-order valence-electron chi connectivity index (χ4n) is 0.987. The van der Waals surface area contributed by atoms with Crippen molar-refractivity contribution in [1.82, 2.24) is 0 Å². The van der Waals surface area contributed by atoms with Crippen LogP contribution in [0.25, 0.3) is 0 Å². The van der Waals surface area contributed by atoms with E-state index in [1.165, 1.54) is 0 Å². The number of nitrogen functional groups attached to an aromatic ring is 2. The van der Waals surface area contributed by atoms with Crippen molar-refractivity contribution in [3.63, 3.8) is 0 Å². The van der Waals surface area contributed by atoms with Crippen molar-refractivity contribution in [3.8, 4) is 0 Å². The molecule has 0 unspecified atom stereocenters. The minimum Gasteiger partial charge on any atom is -0.399 e. The maximum Gasteiger partial charge on any atom is 0.0485 e. The predicted octanol–water partition coefficient (Wildman–Crippen LogP) is 4.72. The molecule has 20 heavy (non-hydrogen) atoms. The monoisotopic (exact) mass is 297 g/mol. The molecule has 2 aromatic carbocycles. The fourth-order valence-corrected chi connectivity index (χ4v) is 0.987. The standard InChI is InChI=1S/C6H8N2.C6H7N.2C2H6.ClH/c7-8-6-4-2-1-3-5-6;7-6-4-2-1-3-5-6;2*1-2;/h1-5,8H,7H2;1-5H,7H2;2*1-2H3;1H. The molecule has 0 aliphatic rings. The average molecular weight is 298 g/mol. The third-order valence-corrected chi connectivity index (χ3v) is 1.74. The van der Waals surface area contributed by atoms with E-state index in [4.69, 9.17) is 11.6 Å². The number of anilines is 2. The number of nitrogens with two attached hydrogens (primary N) is 2. The Morgan fingerprint density at radius 3 is 1.25 bits per heavy atom. The van der Waals surface area contributed by atoms with Crippen LogP contribution in [0.15, 0.2) is 60.7 Å². The van der Waals surface area contributed by atoms with Crippen LogP contribution in [-0.4, -0.2) is 0 Å². The maximum absolute atomic E-state index is 5.36. The topological polar surface area (TPSA) is 64.1 Å². The summed E-state index contributed by atoms with van der Waals surface area (Å²) in [6.45, 7) is 8.00. The summed E-state index contributed by atoms with van der Waals surface area (Å²) < 4.78 is 0. The first-order chi connectivity index (χ1) is 9.33. The number of para-hydroxylation sites is 2. The van der Waals surface area contributed by atoms with E-state index in [-0.39, 0.29) is 12.4 Å². The van der Waals surface area contributed by atoms with Crippen molar-refractivity contribution >= 4 is 23.8 Å². The van der Waals surface area contributed by atoms with Crippen LogP contribution in [0.2, 0.25) is 0 Å². The van der Waals surface area contributed by atoms with Crippen molar-refractivity contribution in [1.29, 1.82) is 0 Å². The minimum atomic E-state index is 0. The predicted molar refractivity (Wildman–Crippen MR) is 95.1 cm³/mol. The summed E-state index contributed by atoms with van der Waals surface area (Å²) in [7, 11) is 0. The second kappa shape index (κ2) is 19.6. The maximum atomic E-state index is 5.36. The number of rotatable bonds is 1. The van der Waals surface area contributed by atoms with E-state index in [0.717, 1.165) is 11.4 Å². The number of hydrogen-bond acceptors (Lipinski definition) is 3. The summed E-state index contributed by atoms with van der Waals surface area (Å²) in [6.07, 6.45) is 0. The van der Waals surface area contributed by atoms with E-state index in [9.17, 15) is 0 Å². The molecule has 0 amide bonds. The second-order valence-corrected chi connectivity index (χ2v) is 2.92. The molecule has 0 fully saturated rings. The molecule has 114 valence electrons. The highest BCUT2D eigenvalue weighted by molar-refractivity contribution is 5.85. The highest BCUT2D eigenvalue weighted by atomic mass is 35.5. The van der Waals surface area contributed by atoms with Crippen LogP contribution < -0.4 is 17.0 Å². The summed E-state index contributed by atoms with van der Waals surface area (Å²) >= 11 is 0. The quantitative estimate of drug-likeness (QED) is 0.405. The molecule has 4 heteroatoms. The Morgan fingerprint density at radius 1 is 0.700 bits per heavy atom. The molecule has 3 nitrogen and oxygen atoms in total. The van der Waals surface area contributed by atoms with E-state index in [1.807, 2.05) is 88.4 Å². The van der Waals surface area contributed by atoms with Crippen molar-refractivity contribution in [2.24, 2.45) is 5.84 Å². The molecular formula is C16H28ClN3. The van der Waals surface area contributed by atoms with Gasteiger partial charge in [-0.25, -0.2) is 0 Å². The molecule has 0 aliphatic heterocycles. The van der Waals surface area contributed by atoms with Gasteiger partial charge >= 0.3 is 0 Å². The second-order valence-electron chi connectivity index (χ2n) is 2.92. The van der Waals surface area contributed by atoms with Crippen molar-refractivity contribution < 1.29 is 0 Å². The van der Waals surface area contributed by atoms with Crippen LogP contribution in [0.5, 0.6) is 0 Å². The molecule has 2 rings (SSSR count). The number of hydrazine groups is 1. The first-order valence-electron chi connectivity index (χ1n) is 6.65. The van der Waals surface area contributed by atoms with Gasteiger partial charge in [0.1, 0.15) is 0 Å². The zero-order valence-corrected chi connectivity index (χ0v) is 13.7. The molecule has 0 aliphatic carbocycles. The summed E-state index contributed by atoms with van der Waals surface area (Å²) in [5, 5.41) is 0. The number of hydrogen-bond donors (Lipinski definition) is 3. The van der Waals surface area contributed by atoms with E-state index in [2.05, 4.69) is 5.43 Å². The van der Waals surface area contributed by atoms with Gasteiger partial charge in [0.2, 0.25) is 0 Å². The first kappa shape index (κ1) is 23.4. The molecule has 0 saturated heterocycles. The number of nitrogens with one attached hydrogen (secondary N) is 1. The molecule has 0 heterocycles. The van der Waals surface area contributed by atoms with Gasteiger partial charge in [0.15, 0.2) is 0 Å². The van der Waals surface area contributed by atoms with Gasteiger partial charge in [-0.2, -0.15) is 0 Å². The van der Waals surface area contributed by atoms with Gasteiger partial charge in [-0.1, -0.05) is 64.1 Å². The summed E-state index contributed by atoms with van der Waals surface area (Å²) in [5.41, 5.74) is 9.64. The van der Waals surface area contributed by atoms with Crippen LogP contribution >= 0.6 is 12.4 Å². The molecule has 0 spiro atoms. The van der Waals surface area contributed by atoms with Gasteiger partial charge in [-0.05, 0) is 24.3 Å². The van der Waals surface area contributed by atoms with Crippen molar-refractivity contribution in [2.75, 3.05) is 11.2 Å². The van der Waals surface area contributed by atoms with Crippen molar-refractivity contribution in [2.45, 2.75) is 27.7 Å². The Bertz CT molecular complexity index is 366. The highest BCUT2D eigenvalue weighted by Crippen LogP contribution is 2.00. The molecule has 0 atom stereocenters. The highest BCUT2D eigenvalue weighted by Gasteiger charge is 1.78. The molecule has 0 bridgehead atoms. The molecule has 0 aromatic heterocycles. The number of halogens is 1. The van der Waals surface area contributed by atoms with Gasteiger partial charge in [0.05, 0.1) is 0 Å². The zero-order valence-electron chi connectivity index (χ0n) is 12.8. The molecule has 2 aromatic rings. The van der Waals surface area contributed by atoms with Crippen LogP contribution in [0.3, 0.4) is 0 Å². The third-order valence-electron chi connectivity index (χ3n) is 1.74. The average Bonchev–Trinajstić information content (AvgIpc) is 2.53. The third kappa shape index (κ3) is 14.4. The molecule has 5 N–H and O–H groups in total. The SMILES string of the molecule is CC.CC.Cl.NNc1ccccc1.Nc1ccccc1. The first-order valence-corrected chi connectivity index (χ1v) is 6.65. The van der Waals surface area contributed by atoms with Gasteiger partial charge in [0, 0.05) is 11.4 Å². The van der Waals surface area contributed by atoms with Gasteiger partial charge in [0.25, 0.3) is 0 Å². The van der Waals surface area contributed by atoms with Crippen LogP contribution in [0, 0.1) is 0 Å². The largest absolute Gasteiger partial charge is 0.399 e. The lowest BCUT2D eigenvalue weighted by molar-refractivity contribution is 1.35. The normalized spacial score (nSPS) is 7.05. The van der Waals surface area contributed by atoms with E-state index in [1.54, 1.807) is 0 Å². The van der Waals surface area contributed by atoms with E-state index in [0.29, 0.717) is 0 Å². The van der Waals surface area contributed by atoms with Crippen molar-refractivity contribution in [3.05, 3.63) is 60.7 Å². The zero-order chi connectivity index (χ0) is 14.9. The lowest BCUT2D eigenvalue weighted by atomic mass is 10.3. The molecular weight excluding hydrogens is 270 g/mol. The smallest absolute Gasteiger partial charge is 0.0485 e. The Kier molecular flexibility index (Phi) is 22.9. The minimum absolute atomic E-state index is 0. The van der Waals surface area contributed by atoms with E-state index >= 15 is 0 Å². The Balaban J connectivity index is -0.000000224. The Morgan fingerprint density at radius 2 is 1.05 bits per heavy atom. The summed E-state index contributed by atoms with van der Waals surface area (Å²) in [4.78, 5) is 0. The lowest BCUT2D eigenvalue weighted by Gasteiger charge is -1.94. The van der Waals surface area contributed by atoms with Gasteiger partial charge < -0.3 is 11.2 Å². The Labute approximate surface area is 129 Å². The fraction of sp³-hybridized carbons (Fsp3) is 0.250. The molecule has 0 saturated carbocycles. The van der Waals surface area contributed by atoms with Gasteiger partial charge in [-0.15, -0.1) is 12.4 Å². The van der Waals surface area contributed by atoms with Crippen LogP contribution in [0.1, 0.15) is 27.7 Å². The summed E-state index contributed by atoms with van der Waals surface area (Å²) in [5.74, 6) is 5.10. The van der Waals surface area contributed by atoms with Crippen LogP contribution in [-0.2, 0) is 0 Å².